The third kappa shape index (κ3) is 3.74. The van der Waals surface area contributed by atoms with Crippen molar-refractivity contribution >= 4 is 16.2 Å². The van der Waals surface area contributed by atoms with Crippen molar-refractivity contribution in [2.45, 2.75) is 56.5 Å². The zero-order chi connectivity index (χ0) is 15.5. The van der Waals surface area contributed by atoms with E-state index in [9.17, 15) is 18.3 Å². The first-order valence-corrected chi connectivity index (χ1v) is 8.89. The van der Waals surface area contributed by atoms with Crippen molar-refractivity contribution in [3.05, 3.63) is 0 Å². The van der Waals surface area contributed by atoms with Crippen molar-refractivity contribution in [1.29, 1.82) is 0 Å². The Hall–Kier alpha value is -0.700. The van der Waals surface area contributed by atoms with Gasteiger partial charge in [-0.2, -0.15) is 17.4 Å². The van der Waals surface area contributed by atoms with Gasteiger partial charge in [-0.3, -0.25) is 4.79 Å². The quantitative estimate of drug-likeness (QED) is 0.778. The van der Waals surface area contributed by atoms with Crippen LogP contribution in [0.1, 0.15) is 44.9 Å². The first-order valence-electron chi connectivity index (χ1n) is 7.45. The van der Waals surface area contributed by atoms with Gasteiger partial charge in [0.25, 0.3) is 10.2 Å². The summed E-state index contributed by atoms with van der Waals surface area (Å²) in [6, 6.07) is -0.0399. The molecule has 1 aliphatic heterocycles. The summed E-state index contributed by atoms with van der Waals surface area (Å²) in [4.78, 5) is 11.6. The normalized spacial score (nSPS) is 24.1. The Morgan fingerprint density at radius 2 is 1.81 bits per heavy atom. The van der Waals surface area contributed by atoms with Crippen LogP contribution in [0.25, 0.3) is 0 Å². The van der Waals surface area contributed by atoms with Crippen molar-refractivity contribution in [3.63, 3.8) is 0 Å². The molecule has 0 aromatic carbocycles. The van der Waals surface area contributed by atoms with Crippen LogP contribution in [-0.4, -0.2) is 55.6 Å². The number of carboxylic acids is 1. The summed E-state index contributed by atoms with van der Waals surface area (Å²) in [6.45, 7) is 0.504. The first kappa shape index (κ1) is 16.7. The average Bonchev–Trinajstić information content (AvgIpc) is 2.47. The number of ether oxygens (including phenoxy) is 1. The lowest BCUT2D eigenvalue weighted by Gasteiger charge is -2.37. The summed E-state index contributed by atoms with van der Waals surface area (Å²) in [5.41, 5.74) is -1.44. The van der Waals surface area contributed by atoms with E-state index in [1.165, 1.54) is 11.4 Å². The van der Waals surface area contributed by atoms with E-state index in [1.807, 2.05) is 0 Å². The van der Waals surface area contributed by atoms with Gasteiger partial charge in [-0.25, -0.2) is 0 Å². The Morgan fingerprint density at radius 3 is 2.33 bits per heavy atom. The molecule has 0 bridgehead atoms. The fraction of sp³-hybridized carbons (Fsp3) is 0.923. The van der Waals surface area contributed by atoms with Crippen LogP contribution >= 0.6 is 0 Å². The molecule has 21 heavy (non-hydrogen) atoms. The van der Waals surface area contributed by atoms with E-state index in [4.69, 9.17) is 4.74 Å². The minimum absolute atomic E-state index is 0.0399. The first-order chi connectivity index (χ1) is 9.87. The third-order valence-corrected chi connectivity index (χ3v) is 6.25. The zero-order valence-corrected chi connectivity index (χ0v) is 13.2. The summed E-state index contributed by atoms with van der Waals surface area (Å²) < 4.78 is 33.9. The molecule has 0 aromatic heterocycles. The van der Waals surface area contributed by atoms with Crippen molar-refractivity contribution in [2.75, 3.05) is 20.3 Å². The molecule has 0 amide bonds. The fourth-order valence-corrected chi connectivity index (χ4v) is 4.57. The lowest BCUT2D eigenvalue weighted by molar-refractivity contribution is -0.148. The van der Waals surface area contributed by atoms with Crippen LogP contribution in [0.15, 0.2) is 0 Å². The molecule has 1 saturated carbocycles. The number of carboxylic acid groups (broad SMARTS) is 1. The van der Waals surface area contributed by atoms with Gasteiger partial charge in [-0.15, -0.1) is 0 Å². The van der Waals surface area contributed by atoms with Gasteiger partial charge in [0.1, 0.15) is 5.54 Å². The molecule has 1 heterocycles. The maximum absolute atomic E-state index is 12.5. The molecule has 0 radical (unpaired) electrons. The molecule has 1 aliphatic carbocycles. The highest BCUT2D eigenvalue weighted by Crippen LogP contribution is 2.26. The number of rotatable bonds is 5. The second kappa shape index (κ2) is 6.60. The number of hydrogen-bond acceptors (Lipinski definition) is 4. The Bertz CT molecular complexity index is 467. The summed E-state index contributed by atoms with van der Waals surface area (Å²) in [7, 11) is -2.28. The van der Waals surface area contributed by atoms with Gasteiger partial charge in [0, 0.05) is 39.1 Å². The number of carbonyl (C=O) groups is 1. The van der Waals surface area contributed by atoms with E-state index >= 15 is 0 Å². The minimum Gasteiger partial charge on any atom is -0.480 e. The van der Waals surface area contributed by atoms with Crippen LogP contribution in [0, 0.1) is 0 Å². The molecule has 0 atom stereocenters. The molecule has 2 rings (SSSR count). The van der Waals surface area contributed by atoms with E-state index in [0.29, 0.717) is 0 Å². The monoisotopic (exact) mass is 320 g/mol. The summed E-state index contributed by atoms with van der Waals surface area (Å²) in [5.74, 6) is -1.13. The van der Waals surface area contributed by atoms with E-state index in [2.05, 4.69) is 4.72 Å². The Kier molecular flexibility index (Phi) is 5.24. The summed E-state index contributed by atoms with van der Waals surface area (Å²) >= 11 is 0. The van der Waals surface area contributed by atoms with E-state index < -0.39 is 21.7 Å². The Balaban J connectivity index is 2.12. The molecule has 0 aromatic rings. The highest BCUT2D eigenvalue weighted by atomic mass is 32.2. The summed E-state index contributed by atoms with van der Waals surface area (Å²) in [6.07, 6.45) is 5.14. The molecular formula is C13H24N2O5S. The van der Waals surface area contributed by atoms with Gasteiger partial charge in [0.2, 0.25) is 0 Å². The average molecular weight is 320 g/mol. The standard InChI is InChI=1S/C13H24N2O5S/c1-15(11-5-3-2-4-6-11)21(18,19)14-13(12(16)17)7-9-20-10-8-13/h11,14H,2-10H2,1H3,(H,16,17). The van der Waals surface area contributed by atoms with Crippen LogP contribution in [0.2, 0.25) is 0 Å². The molecule has 0 spiro atoms. The lowest BCUT2D eigenvalue weighted by atomic mass is 9.92. The molecule has 2 fully saturated rings. The van der Waals surface area contributed by atoms with Crippen LogP contribution in [0.4, 0.5) is 0 Å². The molecule has 122 valence electrons. The molecule has 8 heteroatoms. The molecule has 0 unspecified atom stereocenters. The van der Waals surface area contributed by atoms with Crippen LogP contribution < -0.4 is 4.72 Å². The molecule has 2 aliphatic rings. The second-order valence-corrected chi connectivity index (χ2v) is 7.65. The molecule has 7 nitrogen and oxygen atoms in total. The van der Waals surface area contributed by atoms with Crippen LogP contribution in [0.5, 0.6) is 0 Å². The predicted octanol–water partition coefficient (Wildman–Crippen LogP) is 0.719. The van der Waals surface area contributed by atoms with Crippen molar-refractivity contribution < 1.29 is 23.1 Å². The lowest BCUT2D eigenvalue weighted by Crippen LogP contribution is -2.60. The van der Waals surface area contributed by atoms with Crippen molar-refractivity contribution in [3.8, 4) is 0 Å². The van der Waals surface area contributed by atoms with E-state index in [0.717, 1.165) is 32.1 Å². The summed E-state index contributed by atoms with van der Waals surface area (Å²) in [5, 5.41) is 9.44. The Labute approximate surface area is 125 Å². The van der Waals surface area contributed by atoms with E-state index in [-0.39, 0.29) is 32.1 Å². The molecule has 2 N–H and O–H groups in total. The largest absolute Gasteiger partial charge is 0.480 e. The minimum atomic E-state index is -3.82. The van der Waals surface area contributed by atoms with Gasteiger partial charge in [-0.1, -0.05) is 19.3 Å². The number of nitrogens with zero attached hydrogens (tertiary/aromatic N) is 1. The molecule has 1 saturated heterocycles. The van der Waals surface area contributed by atoms with Gasteiger partial charge >= 0.3 is 5.97 Å². The smallest absolute Gasteiger partial charge is 0.325 e. The number of nitrogens with one attached hydrogen (secondary N) is 1. The second-order valence-electron chi connectivity index (χ2n) is 5.91. The van der Waals surface area contributed by atoms with Gasteiger partial charge in [-0.05, 0) is 12.8 Å². The van der Waals surface area contributed by atoms with Crippen molar-refractivity contribution in [2.24, 2.45) is 0 Å². The molecular weight excluding hydrogens is 296 g/mol. The highest BCUT2D eigenvalue weighted by Gasteiger charge is 2.45. The maximum Gasteiger partial charge on any atom is 0.325 e. The van der Waals surface area contributed by atoms with Crippen LogP contribution in [0.3, 0.4) is 0 Å². The number of aliphatic carboxylic acids is 1. The highest BCUT2D eigenvalue weighted by molar-refractivity contribution is 7.87. The van der Waals surface area contributed by atoms with Gasteiger partial charge < -0.3 is 9.84 Å². The third-order valence-electron chi connectivity index (χ3n) is 4.55. The predicted molar refractivity (Wildman–Crippen MR) is 77.1 cm³/mol. The zero-order valence-electron chi connectivity index (χ0n) is 12.4. The van der Waals surface area contributed by atoms with Crippen LogP contribution in [-0.2, 0) is 19.7 Å². The Morgan fingerprint density at radius 1 is 1.24 bits per heavy atom. The van der Waals surface area contributed by atoms with Crippen molar-refractivity contribution in [1.82, 2.24) is 9.03 Å². The van der Waals surface area contributed by atoms with Gasteiger partial charge in [0.15, 0.2) is 0 Å². The SMILES string of the molecule is CN(C1CCCCC1)S(=O)(=O)NC1(C(=O)O)CCOCC1. The topological polar surface area (TPSA) is 95.9 Å². The maximum atomic E-state index is 12.5. The number of hydrogen-bond donors (Lipinski definition) is 2. The fourth-order valence-electron chi connectivity index (χ4n) is 3.04. The van der Waals surface area contributed by atoms with E-state index in [1.54, 1.807) is 0 Å². The van der Waals surface area contributed by atoms with Gasteiger partial charge in [0.05, 0.1) is 0 Å².